The molecule has 0 saturated heterocycles. The Labute approximate surface area is 116 Å². The second-order valence-electron chi connectivity index (χ2n) is 4.02. The summed E-state index contributed by atoms with van der Waals surface area (Å²) in [4.78, 5) is 4.33. The number of rotatable bonds is 5. The molecule has 0 aliphatic carbocycles. The van der Waals surface area contributed by atoms with Crippen LogP contribution in [0.3, 0.4) is 0 Å². The molecule has 0 aliphatic heterocycles. The van der Waals surface area contributed by atoms with Gasteiger partial charge in [-0.15, -0.1) is 11.3 Å². The van der Waals surface area contributed by atoms with Crippen molar-refractivity contribution in [2.75, 3.05) is 25.6 Å². The van der Waals surface area contributed by atoms with Crippen LogP contribution < -0.4 is 16.6 Å². The van der Waals surface area contributed by atoms with Crippen molar-refractivity contribution in [2.45, 2.75) is 6.42 Å². The van der Waals surface area contributed by atoms with E-state index in [4.69, 9.17) is 10.6 Å². The van der Waals surface area contributed by atoms with Crippen molar-refractivity contribution >= 4 is 33.1 Å². The Balaban J connectivity index is 2.00. The molecule has 2 aromatic rings. The van der Waals surface area contributed by atoms with Gasteiger partial charge in [0.25, 0.3) is 0 Å². The molecule has 0 aliphatic rings. The number of fused-ring (bicyclic) bond motifs is 1. The average molecular weight is 278 g/mol. The molecule has 102 valence electrons. The van der Waals surface area contributed by atoms with Crippen LogP contribution >= 0.6 is 11.3 Å². The first-order valence-electron chi connectivity index (χ1n) is 6.08. The van der Waals surface area contributed by atoms with Gasteiger partial charge in [-0.3, -0.25) is 10.4 Å². The van der Waals surface area contributed by atoms with Gasteiger partial charge in [-0.1, -0.05) is 0 Å². The quantitative estimate of drug-likeness (QED) is 0.258. The maximum absolute atomic E-state index is 5.46. The highest BCUT2D eigenvalue weighted by Gasteiger charge is 2.00. The maximum atomic E-state index is 5.46. The number of ether oxygens (including phenoxy) is 1. The van der Waals surface area contributed by atoms with Gasteiger partial charge in [0.05, 0.1) is 0 Å². The number of nitrogens with one attached hydrogen (secondary N) is 2. The lowest BCUT2D eigenvalue weighted by atomic mass is 10.2. The molecule has 1 heterocycles. The minimum absolute atomic E-state index is 0.561. The smallest absolute Gasteiger partial charge is 0.210 e. The van der Waals surface area contributed by atoms with Crippen molar-refractivity contribution in [3.05, 3.63) is 29.6 Å². The highest BCUT2D eigenvalue weighted by molar-refractivity contribution is 7.17. The van der Waals surface area contributed by atoms with Crippen molar-refractivity contribution in [1.82, 2.24) is 5.43 Å². The number of benzene rings is 1. The molecule has 5 nitrogen and oxygen atoms in total. The summed E-state index contributed by atoms with van der Waals surface area (Å²) in [5.41, 5.74) is 3.54. The van der Waals surface area contributed by atoms with Crippen molar-refractivity contribution < 1.29 is 4.74 Å². The fraction of sp³-hybridized carbons (Fsp3) is 0.308. The van der Waals surface area contributed by atoms with Crippen molar-refractivity contribution in [3.63, 3.8) is 0 Å². The molecule has 6 heteroatoms. The van der Waals surface area contributed by atoms with E-state index in [1.165, 1.54) is 10.1 Å². The third-order valence-electron chi connectivity index (χ3n) is 2.63. The molecule has 1 aromatic heterocycles. The summed E-state index contributed by atoms with van der Waals surface area (Å²) in [7, 11) is 1.68. The van der Waals surface area contributed by atoms with Crippen LogP contribution in [0.1, 0.15) is 6.42 Å². The number of nitrogens with two attached hydrogens (primary N) is 1. The average Bonchev–Trinajstić information content (AvgIpc) is 2.89. The molecule has 0 unspecified atom stereocenters. The molecule has 0 radical (unpaired) electrons. The van der Waals surface area contributed by atoms with E-state index in [2.05, 4.69) is 39.3 Å². The minimum Gasteiger partial charge on any atom is -0.385 e. The van der Waals surface area contributed by atoms with Gasteiger partial charge in [-0.2, -0.15) is 0 Å². The van der Waals surface area contributed by atoms with E-state index in [1.807, 2.05) is 6.07 Å². The molecule has 0 saturated carbocycles. The number of thiophene rings is 1. The van der Waals surface area contributed by atoms with Crippen LogP contribution in [0.15, 0.2) is 34.6 Å². The summed E-state index contributed by atoms with van der Waals surface area (Å²) in [6.45, 7) is 1.36. The van der Waals surface area contributed by atoms with Crippen LogP contribution in [0.5, 0.6) is 0 Å². The first-order valence-corrected chi connectivity index (χ1v) is 6.95. The molecular weight excluding hydrogens is 260 g/mol. The molecule has 4 N–H and O–H groups in total. The molecule has 19 heavy (non-hydrogen) atoms. The number of aliphatic imine (C=N–C) groups is 1. The second kappa shape index (κ2) is 7.08. The first kappa shape index (κ1) is 13.8. The zero-order chi connectivity index (χ0) is 13.5. The second-order valence-corrected chi connectivity index (χ2v) is 4.97. The molecule has 2 rings (SSSR count). The Hall–Kier alpha value is -1.63. The zero-order valence-corrected chi connectivity index (χ0v) is 11.7. The van der Waals surface area contributed by atoms with E-state index < -0.39 is 0 Å². The minimum atomic E-state index is 0.561. The summed E-state index contributed by atoms with van der Waals surface area (Å²) >= 11 is 1.73. The normalized spacial score (nSPS) is 11.8. The van der Waals surface area contributed by atoms with Crippen molar-refractivity contribution in [2.24, 2.45) is 10.8 Å². The molecule has 0 fully saturated rings. The van der Waals surface area contributed by atoms with E-state index in [-0.39, 0.29) is 0 Å². The van der Waals surface area contributed by atoms with Crippen LogP contribution in [0.4, 0.5) is 5.69 Å². The number of hydrazine groups is 1. The Bertz CT molecular complexity index is 552. The molecule has 0 amide bonds. The Morgan fingerprint density at radius 1 is 1.42 bits per heavy atom. The Kier molecular flexibility index (Phi) is 5.14. The number of nitrogens with zero attached hydrogens (tertiary/aromatic N) is 1. The Morgan fingerprint density at radius 2 is 2.32 bits per heavy atom. The highest BCUT2D eigenvalue weighted by Crippen LogP contribution is 2.23. The zero-order valence-electron chi connectivity index (χ0n) is 10.8. The summed E-state index contributed by atoms with van der Waals surface area (Å²) < 4.78 is 6.24. The largest absolute Gasteiger partial charge is 0.385 e. The molecule has 0 atom stereocenters. The molecule has 0 spiro atoms. The van der Waals surface area contributed by atoms with E-state index in [0.29, 0.717) is 19.1 Å². The molecular formula is C13H18N4OS. The van der Waals surface area contributed by atoms with Gasteiger partial charge in [0, 0.05) is 30.6 Å². The summed E-state index contributed by atoms with van der Waals surface area (Å²) in [6, 6.07) is 8.27. The summed E-state index contributed by atoms with van der Waals surface area (Å²) in [6.07, 6.45) is 0.868. The van der Waals surface area contributed by atoms with Gasteiger partial charge >= 0.3 is 0 Å². The number of hydrogen-bond acceptors (Lipinski definition) is 4. The van der Waals surface area contributed by atoms with E-state index in [9.17, 15) is 0 Å². The first-order chi connectivity index (χ1) is 9.33. The number of anilines is 1. The predicted molar refractivity (Wildman–Crippen MR) is 81.6 cm³/mol. The summed E-state index contributed by atoms with van der Waals surface area (Å²) in [5.74, 6) is 6.02. The van der Waals surface area contributed by atoms with E-state index in [1.54, 1.807) is 18.4 Å². The Morgan fingerprint density at radius 3 is 3.11 bits per heavy atom. The van der Waals surface area contributed by atoms with Crippen LogP contribution in [0.2, 0.25) is 0 Å². The van der Waals surface area contributed by atoms with E-state index in [0.717, 1.165) is 12.1 Å². The number of guanidine groups is 1. The van der Waals surface area contributed by atoms with Crippen molar-refractivity contribution in [3.8, 4) is 0 Å². The third-order valence-corrected chi connectivity index (χ3v) is 3.53. The lowest BCUT2D eigenvalue weighted by molar-refractivity contribution is 0.197. The van der Waals surface area contributed by atoms with Crippen LogP contribution in [-0.4, -0.2) is 26.2 Å². The van der Waals surface area contributed by atoms with Gasteiger partial charge in [0.15, 0.2) is 0 Å². The summed E-state index contributed by atoms with van der Waals surface area (Å²) in [5, 5.41) is 6.46. The third kappa shape index (κ3) is 3.92. The van der Waals surface area contributed by atoms with Crippen LogP contribution in [-0.2, 0) is 4.74 Å². The van der Waals surface area contributed by atoms with Gasteiger partial charge < -0.3 is 10.1 Å². The topological polar surface area (TPSA) is 71.7 Å². The SMILES string of the molecule is COCCCN=C(NN)Nc1ccc2sccc2c1. The van der Waals surface area contributed by atoms with Gasteiger partial charge in [0.1, 0.15) is 0 Å². The highest BCUT2D eigenvalue weighted by atomic mass is 32.1. The van der Waals surface area contributed by atoms with Crippen LogP contribution in [0, 0.1) is 0 Å². The molecule has 0 bridgehead atoms. The van der Waals surface area contributed by atoms with Crippen LogP contribution in [0.25, 0.3) is 10.1 Å². The monoisotopic (exact) mass is 278 g/mol. The standard InChI is InChI=1S/C13H18N4OS/c1-18-7-2-6-15-13(17-14)16-11-3-4-12-10(9-11)5-8-19-12/h3-5,8-9H,2,6-7,14H2,1H3,(H2,15,16,17). The number of methoxy groups -OCH3 is 1. The molecule has 1 aromatic carbocycles. The van der Waals surface area contributed by atoms with Gasteiger partial charge in [-0.25, -0.2) is 5.84 Å². The number of hydrogen-bond donors (Lipinski definition) is 3. The fourth-order valence-corrected chi connectivity index (χ4v) is 2.47. The maximum Gasteiger partial charge on any atom is 0.210 e. The van der Waals surface area contributed by atoms with Gasteiger partial charge in [0.2, 0.25) is 5.96 Å². The lowest BCUT2D eigenvalue weighted by Gasteiger charge is -2.09. The fourth-order valence-electron chi connectivity index (χ4n) is 1.70. The van der Waals surface area contributed by atoms with E-state index >= 15 is 0 Å². The van der Waals surface area contributed by atoms with Crippen molar-refractivity contribution in [1.29, 1.82) is 0 Å². The predicted octanol–water partition coefficient (Wildman–Crippen LogP) is 2.17. The lowest BCUT2D eigenvalue weighted by Crippen LogP contribution is -2.36. The van der Waals surface area contributed by atoms with Gasteiger partial charge in [-0.05, 0) is 41.5 Å².